The first-order chi connectivity index (χ1) is 10.8. The van der Waals surface area contributed by atoms with Crippen LogP contribution in [0.15, 0.2) is 47.4 Å². The van der Waals surface area contributed by atoms with E-state index in [2.05, 4.69) is 0 Å². The molecule has 0 N–H and O–H groups in total. The zero-order valence-electron chi connectivity index (χ0n) is 12.8. The van der Waals surface area contributed by atoms with Crippen LogP contribution in [0.2, 0.25) is 0 Å². The lowest BCUT2D eigenvalue weighted by Gasteiger charge is -2.17. The van der Waals surface area contributed by atoms with Crippen LogP contribution in [0.25, 0.3) is 0 Å². The first-order valence-electron chi connectivity index (χ1n) is 6.97. The summed E-state index contributed by atoms with van der Waals surface area (Å²) >= 11 is 0. The Morgan fingerprint density at radius 2 is 1.70 bits per heavy atom. The maximum Gasteiger partial charge on any atom is 0.243 e. The van der Waals surface area contributed by atoms with Gasteiger partial charge in [-0.05, 0) is 42.8 Å². The summed E-state index contributed by atoms with van der Waals surface area (Å²) in [6.07, 6.45) is 0. The third-order valence-electron chi connectivity index (χ3n) is 3.24. The highest BCUT2D eigenvalue weighted by Crippen LogP contribution is 2.20. The van der Waals surface area contributed by atoms with Crippen molar-refractivity contribution in [3.63, 3.8) is 0 Å². The summed E-state index contributed by atoms with van der Waals surface area (Å²) in [7, 11) is -2.52. The molecule has 0 aromatic heterocycles. The van der Waals surface area contributed by atoms with Gasteiger partial charge in [0.2, 0.25) is 10.0 Å². The molecule has 0 saturated carbocycles. The lowest BCUT2D eigenvalue weighted by atomic mass is 10.2. The van der Waals surface area contributed by atoms with E-state index in [-0.39, 0.29) is 11.4 Å². The molecule has 2 rings (SSSR count). The highest BCUT2D eigenvalue weighted by atomic mass is 32.2. The van der Waals surface area contributed by atoms with Gasteiger partial charge in [0.25, 0.3) is 0 Å². The minimum Gasteiger partial charge on any atom is -0.494 e. The molecule has 0 spiro atoms. The number of benzene rings is 2. The zero-order chi connectivity index (χ0) is 17.0. The molecule has 0 saturated heterocycles. The smallest absolute Gasteiger partial charge is 0.243 e. The topological polar surface area (TPSA) is 46.6 Å². The predicted molar refractivity (Wildman–Crippen MR) is 82.6 cm³/mol. The largest absolute Gasteiger partial charge is 0.494 e. The molecule has 7 heteroatoms. The fraction of sp³-hybridized carbons (Fsp3) is 0.250. The minimum atomic E-state index is -3.90. The lowest BCUT2D eigenvalue weighted by molar-refractivity contribution is 0.340. The van der Waals surface area contributed by atoms with Crippen molar-refractivity contribution in [1.82, 2.24) is 4.31 Å². The number of sulfonamides is 1. The fourth-order valence-corrected chi connectivity index (χ4v) is 3.19. The molecule has 0 aliphatic heterocycles. The first-order valence-corrected chi connectivity index (χ1v) is 8.41. The third kappa shape index (κ3) is 4.05. The van der Waals surface area contributed by atoms with E-state index in [1.54, 1.807) is 24.3 Å². The van der Waals surface area contributed by atoms with Gasteiger partial charge < -0.3 is 4.74 Å². The van der Waals surface area contributed by atoms with Gasteiger partial charge in [-0.3, -0.25) is 0 Å². The van der Waals surface area contributed by atoms with E-state index in [0.717, 1.165) is 22.0 Å². The monoisotopic (exact) mass is 341 g/mol. The van der Waals surface area contributed by atoms with E-state index < -0.39 is 21.7 Å². The number of ether oxygens (including phenoxy) is 1. The molecule has 0 bridgehead atoms. The van der Waals surface area contributed by atoms with Crippen molar-refractivity contribution >= 4 is 10.0 Å². The van der Waals surface area contributed by atoms with Crippen LogP contribution in [-0.4, -0.2) is 26.4 Å². The zero-order valence-corrected chi connectivity index (χ0v) is 13.6. The highest BCUT2D eigenvalue weighted by Gasteiger charge is 2.22. The molecular weight excluding hydrogens is 324 g/mol. The fourth-order valence-electron chi connectivity index (χ4n) is 2.02. The lowest BCUT2D eigenvalue weighted by Crippen LogP contribution is -2.26. The van der Waals surface area contributed by atoms with Crippen molar-refractivity contribution < 1.29 is 21.9 Å². The van der Waals surface area contributed by atoms with Crippen LogP contribution in [0.3, 0.4) is 0 Å². The van der Waals surface area contributed by atoms with Gasteiger partial charge in [-0.15, -0.1) is 0 Å². The second kappa shape index (κ2) is 7.06. The van der Waals surface area contributed by atoms with E-state index in [0.29, 0.717) is 18.4 Å². The molecular formula is C16H17F2NO3S. The van der Waals surface area contributed by atoms with Gasteiger partial charge in [-0.1, -0.05) is 12.1 Å². The van der Waals surface area contributed by atoms with Crippen molar-refractivity contribution in [2.24, 2.45) is 0 Å². The Labute approximate surface area is 134 Å². The second-order valence-corrected chi connectivity index (χ2v) is 6.96. The Hall–Kier alpha value is -1.99. The van der Waals surface area contributed by atoms with Crippen LogP contribution in [0.1, 0.15) is 12.5 Å². The molecule has 124 valence electrons. The average molecular weight is 341 g/mol. The van der Waals surface area contributed by atoms with E-state index in [1.165, 1.54) is 7.05 Å². The Morgan fingerprint density at radius 3 is 2.26 bits per heavy atom. The number of rotatable bonds is 6. The predicted octanol–water partition coefficient (Wildman–Crippen LogP) is 3.18. The standard InChI is InChI=1S/C16H17F2NO3S/c1-3-22-13-6-4-12(5-7-13)11-19(2)23(20,21)14-8-9-15(17)16(18)10-14/h4-10H,3,11H2,1-2H3. The summed E-state index contributed by atoms with van der Waals surface area (Å²) in [5.41, 5.74) is 0.752. The number of nitrogens with zero attached hydrogens (tertiary/aromatic N) is 1. The maximum absolute atomic E-state index is 13.2. The number of halogens is 2. The molecule has 0 radical (unpaired) electrons. The van der Waals surface area contributed by atoms with Crippen molar-refractivity contribution in [3.05, 3.63) is 59.7 Å². The molecule has 23 heavy (non-hydrogen) atoms. The average Bonchev–Trinajstić information content (AvgIpc) is 2.52. The molecule has 0 heterocycles. The number of hydrogen-bond acceptors (Lipinski definition) is 3. The van der Waals surface area contributed by atoms with Crippen LogP contribution >= 0.6 is 0 Å². The van der Waals surface area contributed by atoms with Crippen molar-refractivity contribution in [3.8, 4) is 5.75 Å². The summed E-state index contributed by atoms with van der Waals surface area (Å²) in [4.78, 5) is -0.287. The van der Waals surface area contributed by atoms with Gasteiger partial charge in [0.15, 0.2) is 11.6 Å². The molecule has 0 unspecified atom stereocenters. The van der Waals surface area contributed by atoms with Gasteiger partial charge in [0.05, 0.1) is 11.5 Å². The first kappa shape index (κ1) is 17.4. The second-order valence-electron chi connectivity index (χ2n) is 4.91. The summed E-state index contributed by atoms with van der Waals surface area (Å²) in [6, 6.07) is 9.52. The molecule has 2 aromatic rings. The molecule has 0 amide bonds. The van der Waals surface area contributed by atoms with E-state index in [9.17, 15) is 17.2 Å². The minimum absolute atomic E-state index is 0.105. The van der Waals surface area contributed by atoms with E-state index >= 15 is 0 Å². The SMILES string of the molecule is CCOc1ccc(CN(C)S(=O)(=O)c2ccc(F)c(F)c2)cc1. The van der Waals surface area contributed by atoms with Gasteiger partial charge in [0, 0.05) is 13.6 Å². The Morgan fingerprint density at radius 1 is 1.04 bits per heavy atom. The molecule has 0 fully saturated rings. The highest BCUT2D eigenvalue weighted by molar-refractivity contribution is 7.89. The quantitative estimate of drug-likeness (QED) is 0.811. The van der Waals surface area contributed by atoms with Crippen molar-refractivity contribution in [1.29, 1.82) is 0 Å². The summed E-state index contributed by atoms with van der Waals surface area (Å²) in [5, 5.41) is 0. The molecule has 4 nitrogen and oxygen atoms in total. The maximum atomic E-state index is 13.2. The molecule has 2 aromatic carbocycles. The van der Waals surface area contributed by atoms with Crippen LogP contribution in [-0.2, 0) is 16.6 Å². The molecule has 0 aliphatic rings. The van der Waals surface area contributed by atoms with Gasteiger partial charge in [-0.2, -0.15) is 4.31 Å². The Balaban J connectivity index is 2.17. The summed E-state index contributed by atoms with van der Waals surface area (Å²) < 4.78 is 57.3. The van der Waals surface area contributed by atoms with E-state index in [1.807, 2.05) is 6.92 Å². The summed E-state index contributed by atoms with van der Waals surface area (Å²) in [6.45, 7) is 2.52. The van der Waals surface area contributed by atoms with Crippen molar-refractivity contribution in [2.75, 3.05) is 13.7 Å². The van der Waals surface area contributed by atoms with Crippen LogP contribution in [0.4, 0.5) is 8.78 Å². The van der Waals surface area contributed by atoms with Gasteiger partial charge >= 0.3 is 0 Å². The van der Waals surface area contributed by atoms with Crippen molar-refractivity contribution in [2.45, 2.75) is 18.4 Å². The Kier molecular flexibility index (Phi) is 5.33. The van der Waals surface area contributed by atoms with Gasteiger partial charge in [0.1, 0.15) is 5.75 Å². The molecule has 0 aliphatic carbocycles. The number of hydrogen-bond donors (Lipinski definition) is 0. The Bertz CT molecular complexity index is 776. The van der Waals surface area contributed by atoms with Crippen LogP contribution in [0.5, 0.6) is 5.75 Å². The van der Waals surface area contributed by atoms with Crippen LogP contribution in [0, 0.1) is 11.6 Å². The molecule has 0 atom stereocenters. The summed E-state index contributed by atoms with van der Waals surface area (Å²) in [5.74, 6) is -1.58. The van der Waals surface area contributed by atoms with Crippen LogP contribution < -0.4 is 4.74 Å². The van der Waals surface area contributed by atoms with Gasteiger partial charge in [-0.25, -0.2) is 17.2 Å². The normalized spacial score (nSPS) is 11.7. The third-order valence-corrected chi connectivity index (χ3v) is 5.04. The van der Waals surface area contributed by atoms with E-state index in [4.69, 9.17) is 4.74 Å².